The third kappa shape index (κ3) is 2.87. The number of hydrogen-bond donors (Lipinski definition) is 1. The van der Waals surface area contributed by atoms with Crippen LogP contribution >= 0.6 is 0 Å². The van der Waals surface area contributed by atoms with Gasteiger partial charge in [0.1, 0.15) is 5.39 Å². The molecule has 150 valence electrons. The Morgan fingerprint density at radius 3 is 2.55 bits per heavy atom. The molecule has 3 aromatic rings. The Morgan fingerprint density at radius 1 is 1.00 bits per heavy atom. The lowest BCUT2D eigenvalue weighted by Crippen LogP contribution is -2.52. The SMILES string of the molecule is O=c1[nH]c(N2CCN(C3CC4CCC3C4)CC2)nc2c1cnn2-c1ccccc1. The van der Waals surface area contributed by atoms with Crippen LogP contribution in [0, 0.1) is 11.8 Å². The number of nitrogens with zero attached hydrogens (tertiary/aromatic N) is 5. The highest BCUT2D eigenvalue weighted by atomic mass is 16.1. The molecule has 0 radical (unpaired) electrons. The van der Waals surface area contributed by atoms with Crippen LogP contribution in [0.15, 0.2) is 41.3 Å². The molecular formula is C22H26N6O. The average Bonchev–Trinajstić information content (AvgIpc) is 3.50. The molecule has 29 heavy (non-hydrogen) atoms. The van der Waals surface area contributed by atoms with Crippen molar-refractivity contribution in [2.75, 3.05) is 31.1 Å². The molecule has 7 heteroatoms. The van der Waals surface area contributed by atoms with Crippen molar-refractivity contribution < 1.29 is 0 Å². The van der Waals surface area contributed by atoms with E-state index >= 15 is 0 Å². The predicted octanol–water partition coefficient (Wildman–Crippen LogP) is 2.42. The average molecular weight is 390 g/mol. The van der Waals surface area contributed by atoms with E-state index < -0.39 is 0 Å². The van der Waals surface area contributed by atoms with E-state index in [9.17, 15) is 4.79 Å². The van der Waals surface area contributed by atoms with Crippen molar-refractivity contribution in [1.29, 1.82) is 0 Å². The van der Waals surface area contributed by atoms with E-state index in [-0.39, 0.29) is 5.56 Å². The summed E-state index contributed by atoms with van der Waals surface area (Å²) >= 11 is 0. The first-order valence-corrected chi connectivity index (χ1v) is 10.8. The second kappa shape index (κ2) is 6.69. The summed E-state index contributed by atoms with van der Waals surface area (Å²) in [6, 6.07) is 10.6. The van der Waals surface area contributed by atoms with Gasteiger partial charge in [-0.15, -0.1) is 0 Å². The molecule has 3 heterocycles. The van der Waals surface area contributed by atoms with Crippen molar-refractivity contribution >= 4 is 17.0 Å². The van der Waals surface area contributed by atoms with Crippen LogP contribution in [0.3, 0.4) is 0 Å². The number of piperazine rings is 1. The maximum atomic E-state index is 12.7. The van der Waals surface area contributed by atoms with E-state index in [1.165, 1.54) is 25.7 Å². The number of para-hydroxylation sites is 1. The highest BCUT2D eigenvalue weighted by Crippen LogP contribution is 2.46. The maximum absolute atomic E-state index is 12.7. The van der Waals surface area contributed by atoms with Gasteiger partial charge in [0.2, 0.25) is 5.95 Å². The van der Waals surface area contributed by atoms with Gasteiger partial charge in [-0.3, -0.25) is 14.7 Å². The third-order valence-corrected chi connectivity index (χ3v) is 7.21. The van der Waals surface area contributed by atoms with E-state index in [0.717, 1.165) is 49.7 Å². The van der Waals surface area contributed by atoms with Gasteiger partial charge < -0.3 is 4.90 Å². The minimum Gasteiger partial charge on any atom is -0.340 e. The van der Waals surface area contributed by atoms with Crippen LogP contribution in [-0.4, -0.2) is 56.9 Å². The van der Waals surface area contributed by atoms with Crippen LogP contribution in [0.2, 0.25) is 0 Å². The van der Waals surface area contributed by atoms with E-state index in [1.54, 1.807) is 10.9 Å². The molecular weight excluding hydrogens is 364 g/mol. The molecule has 3 unspecified atom stereocenters. The van der Waals surface area contributed by atoms with Crippen molar-refractivity contribution in [3.63, 3.8) is 0 Å². The zero-order valence-corrected chi connectivity index (χ0v) is 16.5. The minimum absolute atomic E-state index is 0.122. The number of rotatable bonds is 3. The van der Waals surface area contributed by atoms with Gasteiger partial charge in [0.05, 0.1) is 11.9 Å². The van der Waals surface area contributed by atoms with E-state index in [1.807, 2.05) is 30.3 Å². The maximum Gasteiger partial charge on any atom is 0.263 e. The summed E-state index contributed by atoms with van der Waals surface area (Å²) in [6.07, 6.45) is 7.30. The van der Waals surface area contributed by atoms with Gasteiger partial charge in [-0.2, -0.15) is 10.1 Å². The summed E-state index contributed by atoms with van der Waals surface area (Å²) in [5, 5.41) is 4.93. The van der Waals surface area contributed by atoms with Crippen molar-refractivity contribution in [2.24, 2.45) is 11.8 Å². The number of hydrogen-bond acceptors (Lipinski definition) is 5. The standard InChI is InChI=1S/C22H26N6O/c29-21-18-14-23-28(17-4-2-1-3-5-17)20(18)24-22(25-21)27-10-8-26(9-11-27)19-13-15-6-7-16(19)12-15/h1-5,14-16,19H,6-13H2,(H,24,25,29). The molecule has 1 saturated heterocycles. The van der Waals surface area contributed by atoms with Crippen molar-refractivity contribution in [1.82, 2.24) is 24.6 Å². The highest BCUT2D eigenvalue weighted by Gasteiger charge is 2.42. The van der Waals surface area contributed by atoms with Crippen molar-refractivity contribution in [3.05, 3.63) is 46.9 Å². The van der Waals surface area contributed by atoms with Gasteiger partial charge in [-0.25, -0.2) is 4.68 Å². The first kappa shape index (κ1) is 17.2. The zero-order valence-electron chi connectivity index (χ0n) is 16.5. The van der Waals surface area contributed by atoms with Crippen LogP contribution in [-0.2, 0) is 0 Å². The smallest absolute Gasteiger partial charge is 0.263 e. The first-order valence-electron chi connectivity index (χ1n) is 10.8. The number of aromatic nitrogens is 4. The van der Waals surface area contributed by atoms with Crippen molar-refractivity contribution in [3.8, 4) is 5.69 Å². The van der Waals surface area contributed by atoms with Crippen LogP contribution < -0.4 is 10.5 Å². The molecule has 6 rings (SSSR count). The Kier molecular flexibility index (Phi) is 3.97. The van der Waals surface area contributed by atoms with Gasteiger partial charge in [-0.1, -0.05) is 24.6 Å². The second-order valence-electron chi connectivity index (χ2n) is 8.78. The Morgan fingerprint density at radius 2 is 1.83 bits per heavy atom. The zero-order chi connectivity index (χ0) is 19.4. The number of nitrogens with one attached hydrogen (secondary N) is 1. The van der Waals surface area contributed by atoms with Gasteiger partial charge in [0, 0.05) is 32.2 Å². The Hall–Kier alpha value is -2.67. The molecule has 3 aliphatic rings. The summed E-state index contributed by atoms with van der Waals surface area (Å²) in [4.78, 5) is 25.4. The van der Waals surface area contributed by atoms with Gasteiger partial charge >= 0.3 is 0 Å². The molecule has 2 aliphatic carbocycles. The summed E-state index contributed by atoms with van der Waals surface area (Å²) in [7, 11) is 0. The molecule has 3 atom stereocenters. The van der Waals surface area contributed by atoms with E-state index in [2.05, 4.69) is 19.9 Å². The fourth-order valence-electron chi connectivity index (χ4n) is 5.74. The van der Waals surface area contributed by atoms with Crippen LogP contribution in [0.4, 0.5) is 5.95 Å². The summed E-state index contributed by atoms with van der Waals surface area (Å²) in [5.41, 5.74) is 1.40. The van der Waals surface area contributed by atoms with Gasteiger partial charge in [-0.05, 0) is 43.2 Å². The molecule has 0 spiro atoms. The Labute approximate surface area is 169 Å². The molecule has 1 N–H and O–H groups in total. The highest BCUT2D eigenvalue weighted by molar-refractivity contribution is 5.76. The van der Waals surface area contributed by atoms with Crippen LogP contribution in [0.25, 0.3) is 16.7 Å². The fourth-order valence-corrected chi connectivity index (χ4v) is 5.74. The monoisotopic (exact) mass is 390 g/mol. The Bertz CT molecular complexity index is 1080. The summed E-state index contributed by atoms with van der Waals surface area (Å²) in [5.74, 6) is 2.55. The van der Waals surface area contributed by atoms with Gasteiger partial charge in [0.25, 0.3) is 5.56 Å². The fraction of sp³-hybridized carbons (Fsp3) is 0.500. The lowest BCUT2D eigenvalue weighted by atomic mass is 9.93. The number of fused-ring (bicyclic) bond motifs is 3. The lowest BCUT2D eigenvalue weighted by molar-refractivity contribution is 0.134. The normalized spacial score (nSPS) is 27.2. The van der Waals surface area contributed by atoms with Crippen molar-refractivity contribution in [2.45, 2.75) is 31.7 Å². The summed E-state index contributed by atoms with van der Waals surface area (Å²) in [6.45, 7) is 3.91. The molecule has 2 bridgehead atoms. The molecule has 2 aromatic heterocycles. The van der Waals surface area contributed by atoms with Gasteiger partial charge in [0.15, 0.2) is 5.65 Å². The molecule has 1 aliphatic heterocycles. The molecule has 7 nitrogen and oxygen atoms in total. The molecule has 1 aromatic carbocycles. The second-order valence-corrected chi connectivity index (χ2v) is 8.78. The van der Waals surface area contributed by atoms with Crippen LogP contribution in [0.5, 0.6) is 0 Å². The van der Waals surface area contributed by atoms with E-state index in [4.69, 9.17) is 4.98 Å². The first-order chi connectivity index (χ1) is 14.3. The predicted molar refractivity (Wildman–Crippen MR) is 113 cm³/mol. The number of benzene rings is 1. The quantitative estimate of drug-likeness (QED) is 0.744. The number of H-pyrrole nitrogens is 1. The number of aromatic amines is 1. The lowest BCUT2D eigenvalue weighted by Gasteiger charge is -2.41. The third-order valence-electron chi connectivity index (χ3n) is 7.21. The minimum atomic E-state index is -0.122. The largest absolute Gasteiger partial charge is 0.340 e. The molecule has 3 fully saturated rings. The Balaban J connectivity index is 1.26. The summed E-state index contributed by atoms with van der Waals surface area (Å²) < 4.78 is 1.75. The topological polar surface area (TPSA) is 70.1 Å². The molecule has 0 amide bonds. The van der Waals surface area contributed by atoms with Crippen LogP contribution in [0.1, 0.15) is 25.7 Å². The number of anilines is 1. The molecule has 2 saturated carbocycles. The van der Waals surface area contributed by atoms with E-state index in [0.29, 0.717) is 17.0 Å².